The quantitative estimate of drug-likeness (QED) is 0.685. The summed E-state index contributed by atoms with van der Waals surface area (Å²) in [5.41, 5.74) is 2.14. The lowest BCUT2D eigenvalue weighted by Crippen LogP contribution is -1.96. The van der Waals surface area contributed by atoms with Crippen molar-refractivity contribution in [1.82, 2.24) is 19.5 Å². The predicted molar refractivity (Wildman–Crippen MR) is 45.2 cm³/mol. The zero-order valence-corrected chi connectivity index (χ0v) is 7.07. The van der Waals surface area contributed by atoms with Crippen LogP contribution in [0.5, 0.6) is 0 Å². The first-order valence-corrected chi connectivity index (χ1v) is 3.78. The standard InChI is InChI=1S/C8H10N4/c1-6-3-9-5-12(6)8-7(2)10-4-11-8/h3-5H,1-2H3,(H,10,11). The summed E-state index contributed by atoms with van der Waals surface area (Å²) in [6.45, 7) is 3.99. The number of rotatable bonds is 1. The van der Waals surface area contributed by atoms with Gasteiger partial charge in [-0.2, -0.15) is 0 Å². The van der Waals surface area contributed by atoms with E-state index in [0.717, 1.165) is 17.2 Å². The molecule has 62 valence electrons. The van der Waals surface area contributed by atoms with Crippen LogP contribution in [0.15, 0.2) is 18.9 Å². The SMILES string of the molecule is Cc1[nH]cnc1-n1cncc1C. The predicted octanol–water partition coefficient (Wildman–Crippen LogP) is 1.21. The Kier molecular flexibility index (Phi) is 1.46. The Balaban J connectivity index is 2.57. The van der Waals surface area contributed by atoms with Crippen molar-refractivity contribution in [3.8, 4) is 5.82 Å². The summed E-state index contributed by atoms with van der Waals surface area (Å²) in [5.74, 6) is 0.921. The van der Waals surface area contributed by atoms with E-state index in [4.69, 9.17) is 0 Å². The minimum atomic E-state index is 0.921. The van der Waals surface area contributed by atoms with E-state index in [1.807, 2.05) is 24.6 Å². The number of aromatic amines is 1. The van der Waals surface area contributed by atoms with E-state index >= 15 is 0 Å². The lowest BCUT2D eigenvalue weighted by molar-refractivity contribution is 0.954. The number of H-pyrrole nitrogens is 1. The van der Waals surface area contributed by atoms with Gasteiger partial charge >= 0.3 is 0 Å². The average molecular weight is 162 g/mol. The van der Waals surface area contributed by atoms with Crippen LogP contribution < -0.4 is 0 Å². The van der Waals surface area contributed by atoms with Crippen LogP contribution in [0.1, 0.15) is 11.4 Å². The van der Waals surface area contributed by atoms with E-state index in [0.29, 0.717) is 0 Å². The fraction of sp³-hybridized carbons (Fsp3) is 0.250. The number of aryl methyl sites for hydroxylation is 2. The van der Waals surface area contributed by atoms with Crippen molar-refractivity contribution in [2.24, 2.45) is 0 Å². The molecule has 2 rings (SSSR count). The zero-order chi connectivity index (χ0) is 8.55. The highest BCUT2D eigenvalue weighted by Crippen LogP contribution is 2.09. The van der Waals surface area contributed by atoms with E-state index < -0.39 is 0 Å². The van der Waals surface area contributed by atoms with Gasteiger partial charge < -0.3 is 4.98 Å². The highest BCUT2D eigenvalue weighted by molar-refractivity contribution is 5.29. The Hall–Kier alpha value is -1.58. The van der Waals surface area contributed by atoms with Crippen LogP contribution in [0.2, 0.25) is 0 Å². The first-order valence-electron chi connectivity index (χ1n) is 3.78. The summed E-state index contributed by atoms with van der Waals surface area (Å²) in [6.07, 6.45) is 5.26. The molecule has 0 aliphatic heterocycles. The Labute approximate surface area is 70.3 Å². The van der Waals surface area contributed by atoms with Gasteiger partial charge in [0, 0.05) is 11.9 Å². The molecule has 2 aromatic heterocycles. The van der Waals surface area contributed by atoms with Crippen LogP contribution in [0.25, 0.3) is 5.82 Å². The third-order valence-electron chi connectivity index (χ3n) is 1.85. The van der Waals surface area contributed by atoms with E-state index in [1.54, 1.807) is 12.7 Å². The van der Waals surface area contributed by atoms with Gasteiger partial charge in [-0.15, -0.1) is 0 Å². The summed E-state index contributed by atoms with van der Waals surface area (Å²) in [6, 6.07) is 0. The smallest absolute Gasteiger partial charge is 0.159 e. The van der Waals surface area contributed by atoms with Crippen molar-refractivity contribution in [3.63, 3.8) is 0 Å². The van der Waals surface area contributed by atoms with Gasteiger partial charge in [-0.1, -0.05) is 0 Å². The van der Waals surface area contributed by atoms with Gasteiger partial charge in [0.15, 0.2) is 5.82 Å². The van der Waals surface area contributed by atoms with E-state index in [-0.39, 0.29) is 0 Å². The van der Waals surface area contributed by atoms with Crippen molar-refractivity contribution in [2.75, 3.05) is 0 Å². The van der Waals surface area contributed by atoms with Gasteiger partial charge in [0.1, 0.15) is 6.33 Å². The normalized spacial score (nSPS) is 10.5. The molecule has 2 aromatic rings. The fourth-order valence-electron chi connectivity index (χ4n) is 1.18. The lowest BCUT2D eigenvalue weighted by atomic mass is 10.4. The van der Waals surface area contributed by atoms with Crippen LogP contribution >= 0.6 is 0 Å². The molecule has 1 N–H and O–H groups in total. The molecular formula is C8H10N4. The molecule has 2 heterocycles. The molecule has 0 aliphatic carbocycles. The van der Waals surface area contributed by atoms with Crippen molar-refractivity contribution in [2.45, 2.75) is 13.8 Å². The maximum absolute atomic E-state index is 4.19. The largest absolute Gasteiger partial charge is 0.347 e. The average Bonchev–Trinajstić information content (AvgIpc) is 2.59. The summed E-state index contributed by atoms with van der Waals surface area (Å²) >= 11 is 0. The van der Waals surface area contributed by atoms with Gasteiger partial charge in [0.05, 0.1) is 12.0 Å². The first kappa shape index (κ1) is 7.09. The van der Waals surface area contributed by atoms with E-state index in [1.165, 1.54) is 0 Å². The molecule has 0 fully saturated rings. The topological polar surface area (TPSA) is 46.5 Å². The van der Waals surface area contributed by atoms with Gasteiger partial charge in [-0.3, -0.25) is 4.57 Å². The Morgan fingerprint density at radius 3 is 2.75 bits per heavy atom. The number of hydrogen-bond acceptors (Lipinski definition) is 2. The maximum Gasteiger partial charge on any atom is 0.159 e. The summed E-state index contributed by atoms with van der Waals surface area (Å²) in [7, 11) is 0. The zero-order valence-electron chi connectivity index (χ0n) is 7.07. The van der Waals surface area contributed by atoms with Crippen LogP contribution in [0.3, 0.4) is 0 Å². The minimum absolute atomic E-state index is 0.921. The Bertz CT molecular complexity index is 347. The summed E-state index contributed by atoms with van der Waals surface area (Å²) in [4.78, 5) is 11.2. The number of nitrogens with one attached hydrogen (secondary N) is 1. The van der Waals surface area contributed by atoms with Crippen LogP contribution in [0, 0.1) is 13.8 Å². The molecule has 0 aliphatic rings. The Morgan fingerprint density at radius 1 is 1.42 bits per heavy atom. The number of aromatic nitrogens is 4. The first-order chi connectivity index (χ1) is 5.79. The number of nitrogens with zero attached hydrogens (tertiary/aromatic N) is 3. The molecule has 0 bridgehead atoms. The molecule has 0 saturated carbocycles. The molecule has 0 unspecified atom stereocenters. The molecule has 0 radical (unpaired) electrons. The number of imidazole rings is 2. The highest BCUT2D eigenvalue weighted by atomic mass is 15.1. The molecule has 0 atom stereocenters. The maximum atomic E-state index is 4.19. The second-order valence-electron chi connectivity index (χ2n) is 2.76. The van der Waals surface area contributed by atoms with Gasteiger partial charge in [-0.25, -0.2) is 9.97 Å². The van der Waals surface area contributed by atoms with Crippen LogP contribution in [-0.4, -0.2) is 19.5 Å². The second kappa shape index (κ2) is 2.48. The molecule has 0 saturated heterocycles. The monoisotopic (exact) mass is 162 g/mol. The number of hydrogen-bond donors (Lipinski definition) is 1. The molecule has 0 amide bonds. The van der Waals surface area contributed by atoms with Crippen LogP contribution in [0.4, 0.5) is 0 Å². The van der Waals surface area contributed by atoms with E-state index in [2.05, 4.69) is 15.0 Å². The lowest BCUT2D eigenvalue weighted by Gasteiger charge is -2.00. The molecule has 4 heteroatoms. The van der Waals surface area contributed by atoms with Crippen molar-refractivity contribution >= 4 is 0 Å². The molecule has 0 spiro atoms. The third kappa shape index (κ3) is 0.922. The molecule has 12 heavy (non-hydrogen) atoms. The summed E-state index contributed by atoms with van der Waals surface area (Å²) in [5, 5.41) is 0. The molecule has 0 aromatic carbocycles. The fourth-order valence-corrected chi connectivity index (χ4v) is 1.18. The van der Waals surface area contributed by atoms with Crippen molar-refractivity contribution in [3.05, 3.63) is 30.2 Å². The van der Waals surface area contributed by atoms with Crippen LogP contribution in [-0.2, 0) is 0 Å². The van der Waals surface area contributed by atoms with E-state index in [9.17, 15) is 0 Å². The third-order valence-corrected chi connectivity index (χ3v) is 1.85. The van der Waals surface area contributed by atoms with Crippen molar-refractivity contribution < 1.29 is 0 Å². The van der Waals surface area contributed by atoms with Crippen molar-refractivity contribution in [1.29, 1.82) is 0 Å². The van der Waals surface area contributed by atoms with Gasteiger partial charge in [-0.05, 0) is 13.8 Å². The van der Waals surface area contributed by atoms with Gasteiger partial charge in [0.25, 0.3) is 0 Å². The molecular weight excluding hydrogens is 152 g/mol. The highest BCUT2D eigenvalue weighted by Gasteiger charge is 2.04. The second-order valence-corrected chi connectivity index (χ2v) is 2.76. The molecule has 4 nitrogen and oxygen atoms in total. The Morgan fingerprint density at radius 2 is 2.25 bits per heavy atom. The van der Waals surface area contributed by atoms with Gasteiger partial charge in [0.2, 0.25) is 0 Å². The summed E-state index contributed by atoms with van der Waals surface area (Å²) < 4.78 is 1.95. The minimum Gasteiger partial charge on any atom is -0.347 e.